The third-order valence-corrected chi connectivity index (χ3v) is 11.3. The van der Waals surface area contributed by atoms with Gasteiger partial charge in [0.2, 0.25) is 0 Å². The minimum atomic E-state index is 0.339. The molecule has 2 heteroatoms. The summed E-state index contributed by atoms with van der Waals surface area (Å²) in [5.74, 6) is 1.58. The zero-order valence-electron chi connectivity index (χ0n) is 10.0. The molecule has 0 bridgehead atoms. The average Bonchev–Trinajstić information content (AvgIpc) is 2.28. The van der Waals surface area contributed by atoms with Gasteiger partial charge in [0.15, 0.2) is 0 Å². The predicted octanol–water partition coefficient (Wildman–Crippen LogP) is 4.52. The van der Waals surface area contributed by atoms with E-state index in [0.717, 1.165) is 0 Å². The summed E-state index contributed by atoms with van der Waals surface area (Å²) in [6.07, 6.45) is 3.09. The number of hydrogen-bond donors (Lipinski definition) is 0. The molecule has 0 saturated carbocycles. The van der Waals surface area contributed by atoms with Crippen LogP contribution in [0.15, 0.2) is 0 Å². The van der Waals surface area contributed by atoms with E-state index in [1.54, 1.807) is 18.2 Å². The van der Waals surface area contributed by atoms with Gasteiger partial charge < -0.3 is 0 Å². The van der Waals surface area contributed by atoms with Crippen molar-refractivity contribution in [1.29, 1.82) is 0 Å². The molecule has 0 nitrogen and oxygen atoms in total. The maximum absolute atomic E-state index is 2.43. The second-order valence-corrected chi connectivity index (χ2v) is 12.9. The van der Waals surface area contributed by atoms with E-state index in [9.17, 15) is 0 Å². The lowest BCUT2D eigenvalue weighted by atomic mass is 10.3. The molecule has 2 atom stereocenters. The lowest BCUT2D eigenvalue weighted by Gasteiger charge is -2.31. The first-order valence-corrected chi connectivity index (χ1v) is 8.64. The maximum atomic E-state index is 2.43. The summed E-state index contributed by atoms with van der Waals surface area (Å²) in [5, 5.41) is 1.22. The molecule has 13 heavy (non-hydrogen) atoms. The third kappa shape index (κ3) is 3.17. The van der Waals surface area contributed by atoms with Gasteiger partial charge in [0.05, 0.1) is 0 Å². The van der Waals surface area contributed by atoms with Crippen molar-refractivity contribution < 1.29 is 0 Å². The quantitative estimate of drug-likeness (QED) is 0.524. The molecule has 78 valence electrons. The molecule has 0 amide bonds. The Kier molecular flexibility index (Phi) is 3.47. The van der Waals surface area contributed by atoms with Crippen LogP contribution in [0.25, 0.3) is 0 Å². The van der Waals surface area contributed by atoms with Gasteiger partial charge in [-0.05, 0) is 28.5 Å². The van der Waals surface area contributed by atoms with Crippen LogP contribution in [0.1, 0.15) is 41.5 Å². The van der Waals surface area contributed by atoms with Crippen molar-refractivity contribution in [2.45, 2.75) is 51.9 Å². The molecule has 0 aromatic rings. The molecule has 1 heterocycles. The normalized spacial score (nSPS) is 30.9. The molecule has 1 aliphatic rings. The number of hydrogen-bond acceptors (Lipinski definition) is 0. The Bertz CT molecular complexity index is 154. The standard InChI is InChI=1S/C11H24P2/c1-10(2,3)12-7-8-13(9-12)11(4,5)6/h7-9H2,1-6H3. The molecule has 0 aliphatic carbocycles. The summed E-state index contributed by atoms with van der Waals surface area (Å²) in [6, 6.07) is 0. The van der Waals surface area contributed by atoms with Crippen LogP contribution in [0.3, 0.4) is 0 Å². The third-order valence-electron chi connectivity index (χ3n) is 2.88. The summed E-state index contributed by atoms with van der Waals surface area (Å²) in [6.45, 7) is 14.6. The summed E-state index contributed by atoms with van der Waals surface area (Å²) in [4.78, 5) is 0. The SMILES string of the molecule is CC(C)(C)P1CCP(C(C)(C)C)C1. The van der Waals surface area contributed by atoms with Crippen LogP contribution >= 0.6 is 15.8 Å². The fourth-order valence-corrected chi connectivity index (χ4v) is 11.1. The van der Waals surface area contributed by atoms with Crippen molar-refractivity contribution in [2.75, 3.05) is 18.2 Å². The van der Waals surface area contributed by atoms with E-state index in [4.69, 9.17) is 0 Å². The van der Waals surface area contributed by atoms with Gasteiger partial charge in [-0.2, -0.15) is 0 Å². The Morgan fingerprint density at radius 2 is 1.00 bits per heavy atom. The number of rotatable bonds is 0. The van der Waals surface area contributed by atoms with Gasteiger partial charge in [0, 0.05) is 0 Å². The molecule has 0 aromatic heterocycles. The fourth-order valence-electron chi connectivity index (χ4n) is 1.68. The Hall–Kier alpha value is 0.860. The molecule has 0 spiro atoms. The van der Waals surface area contributed by atoms with Crippen LogP contribution in [0, 0.1) is 0 Å². The zero-order chi connectivity index (χ0) is 10.3. The van der Waals surface area contributed by atoms with Gasteiger partial charge in [-0.15, -0.1) is 0 Å². The highest BCUT2D eigenvalue weighted by atomic mass is 31.2. The van der Waals surface area contributed by atoms with E-state index in [2.05, 4.69) is 41.5 Å². The van der Waals surface area contributed by atoms with Crippen LogP contribution in [0.4, 0.5) is 0 Å². The van der Waals surface area contributed by atoms with E-state index in [-0.39, 0.29) is 0 Å². The van der Waals surface area contributed by atoms with Crippen LogP contribution in [0.5, 0.6) is 0 Å². The van der Waals surface area contributed by atoms with Crippen LogP contribution in [0.2, 0.25) is 0 Å². The van der Waals surface area contributed by atoms with E-state index in [1.165, 1.54) is 0 Å². The minimum Gasteiger partial charge on any atom is -0.0964 e. The van der Waals surface area contributed by atoms with Crippen LogP contribution in [-0.4, -0.2) is 28.5 Å². The van der Waals surface area contributed by atoms with Crippen molar-refractivity contribution in [3.63, 3.8) is 0 Å². The second-order valence-electron chi connectivity index (χ2n) is 6.01. The smallest absolute Gasteiger partial charge is 0.0111 e. The largest absolute Gasteiger partial charge is 0.0964 e. The second kappa shape index (κ2) is 3.79. The molecule has 2 unspecified atom stereocenters. The monoisotopic (exact) mass is 218 g/mol. The highest BCUT2D eigenvalue weighted by molar-refractivity contribution is 7.79. The first-order valence-electron chi connectivity index (χ1n) is 5.21. The highest BCUT2D eigenvalue weighted by Gasteiger charge is 2.36. The topological polar surface area (TPSA) is 0 Å². The summed E-state index contributed by atoms with van der Waals surface area (Å²) in [5.41, 5.74) is 0. The Labute approximate surface area is 86.4 Å². The predicted molar refractivity (Wildman–Crippen MR) is 67.9 cm³/mol. The van der Waals surface area contributed by atoms with Crippen molar-refractivity contribution in [1.82, 2.24) is 0 Å². The van der Waals surface area contributed by atoms with Crippen molar-refractivity contribution >= 4 is 15.8 Å². The maximum Gasteiger partial charge on any atom is -0.0111 e. The Morgan fingerprint density at radius 3 is 1.15 bits per heavy atom. The molecular formula is C11H24P2. The lowest BCUT2D eigenvalue weighted by molar-refractivity contribution is 0.782. The molecule has 1 fully saturated rings. The summed E-state index contributed by atoms with van der Waals surface area (Å²) >= 11 is 0. The average molecular weight is 218 g/mol. The van der Waals surface area contributed by atoms with Crippen molar-refractivity contribution in [2.24, 2.45) is 0 Å². The molecule has 0 radical (unpaired) electrons. The summed E-state index contributed by atoms with van der Waals surface area (Å²) < 4.78 is 0. The van der Waals surface area contributed by atoms with Gasteiger partial charge in [-0.3, -0.25) is 0 Å². The molecule has 0 N–H and O–H groups in total. The Morgan fingerprint density at radius 1 is 0.692 bits per heavy atom. The van der Waals surface area contributed by atoms with E-state index in [1.807, 2.05) is 0 Å². The van der Waals surface area contributed by atoms with Gasteiger partial charge in [-0.25, -0.2) is 0 Å². The zero-order valence-corrected chi connectivity index (χ0v) is 11.8. The van der Waals surface area contributed by atoms with Gasteiger partial charge in [0.25, 0.3) is 0 Å². The summed E-state index contributed by atoms with van der Waals surface area (Å²) in [7, 11) is 0.678. The van der Waals surface area contributed by atoms with Crippen LogP contribution in [-0.2, 0) is 0 Å². The molecule has 1 aliphatic heterocycles. The van der Waals surface area contributed by atoms with E-state index >= 15 is 0 Å². The molecule has 1 rings (SSSR count). The Balaban J connectivity index is 2.55. The van der Waals surface area contributed by atoms with Gasteiger partial charge >= 0.3 is 0 Å². The van der Waals surface area contributed by atoms with Crippen molar-refractivity contribution in [3.05, 3.63) is 0 Å². The van der Waals surface area contributed by atoms with E-state index < -0.39 is 0 Å². The first-order chi connectivity index (χ1) is 5.71. The van der Waals surface area contributed by atoms with Crippen molar-refractivity contribution in [3.8, 4) is 0 Å². The molecular weight excluding hydrogens is 194 g/mol. The highest BCUT2D eigenvalue weighted by Crippen LogP contribution is 2.68. The van der Waals surface area contributed by atoms with E-state index in [0.29, 0.717) is 26.2 Å². The minimum absolute atomic E-state index is 0.339. The first kappa shape index (κ1) is 11.9. The fraction of sp³-hybridized carbons (Fsp3) is 1.00. The molecule has 1 saturated heterocycles. The van der Waals surface area contributed by atoms with Gasteiger partial charge in [0.1, 0.15) is 0 Å². The molecule has 0 aromatic carbocycles. The van der Waals surface area contributed by atoms with Gasteiger partial charge in [-0.1, -0.05) is 57.4 Å². The van der Waals surface area contributed by atoms with Crippen LogP contribution < -0.4 is 0 Å². The lowest BCUT2D eigenvalue weighted by Crippen LogP contribution is -2.14.